The molecule has 1 saturated heterocycles. The Bertz CT molecular complexity index is 1750. The first-order valence-electron chi connectivity index (χ1n) is 12.7. The molecule has 1 fully saturated rings. The highest BCUT2D eigenvalue weighted by Crippen LogP contribution is 2.35. The molecular weight excluding hydrogens is 502 g/mol. The summed E-state index contributed by atoms with van der Waals surface area (Å²) in [4.78, 5) is 24.9. The maximum Gasteiger partial charge on any atom is 0.259 e. The summed E-state index contributed by atoms with van der Waals surface area (Å²) < 4.78 is 5.42. The van der Waals surface area contributed by atoms with Gasteiger partial charge in [0, 0.05) is 49.4 Å². The molecule has 0 radical (unpaired) electrons. The maximum absolute atomic E-state index is 13.7. The van der Waals surface area contributed by atoms with E-state index < -0.39 is 0 Å². The summed E-state index contributed by atoms with van der Waals surface area (Å²) in [6, 6.07) is 7.81. The number of halogens is 1. The quantitative estimate of drug-likeness (QED) is 0.341. The van der Waals surface area contributed by atoms with Gasteiger partial charge in [0.25, 0.3) is 5.56 Å². The summed E-state index contributed by atoms with van der Waals surface area (Å²) in [5.41, 5.74) is 4.19. The van der Waals surface area contributed by atoms with Gasteiger partial charge in [0.1, 0.15) is 22.8 Å². The first-order valence-corrected chi connectivity index (χ1v) is 13.1. The van der Waals surface area contributed by atoms with Crippen LogP contribution in [0, 0.1) is 6.92 Å². The highest BCUT2D eigenvalue weighted by molar-refractivity contribution is 6.29. The number of aromatic nitrogens is 7. The SMILES string of the molecule is Cc1cc(C(C)Nc2ccc(Cl)nc2-c2ncn(C)n2)c2c(c1)c(=O)n(C)c1c2cnn1C1CCN(C)C1. The number of nitrogens with one attached hydrogen (secondary N) is 1. The first kappa shape index (κ1) is 24.6. The molecule has 1 aliphatic rings. The zero-order valence-corrected chi connectivity index (χ0v) is 22.9. The van der Waals surface area contributed by atoms with E-state index in [9.17, 15) is 4.79 Å². The predicted molar refractivity (Wildman–Crippen MR) is 150 cm³/mol. The molecule has 11 heteroatoms. The molecule has 5 aromatic rings. The van der Waals surface area contributed by atoms with E-state index in [-0.39, 0.29) is 17.6 Å². The third-order valence-electron chi connectivity index (χ3n) is 7.43. The standard InChI is InChI=1S/C27H30ClN9O/c1-15-10-18(16(2)31-21-6-7-22(28)32-24(21)25-29-14-35(4)33-25)23-19(11-15)27(38)36(5)26-20(23)12-30-37(26)17-8-9-34(3)13-17/h6-7,10-12,14,16-17,31H,8-9,13H2,1-5H3. The normalized spacial score (nSPS) is 17.1. The van der Waals surface area contributed by atoms with Crippen LogP contribution in [0.4, 0.5) is 5.69 Å². The fourth-order valence-corrected chi connectivity index (χ4v) is 5.78. The molecule has 0 bridgehead atoms. The molecule has 0 saturated carbocycles. The smallest absolute Gasteiger partial charge is 0.259 e. The fraction of sp³-hybridized carbons (Fsp3) is 0.370. The van der Waals surface area contributed by atoms with Crippen molar-refractivity contribution in [2.24, 2.45) is 14.1 Å². The van der Waals surface area contributed by atoms with E-state index in [1.54, 1.807) is 21.6 Å². The minimum atomic E-state index is -0.167. The van der Waals surface area contributed by atoms with Gasteiger partial charge in [0.15, 0.2) is 0 Å². The largest absolute Gasteiger partial charge is 0.377 e. The minimum absolute atomic E-state index is 0.0238. The number of rotatable bonds is 5. The van der Waals surface area contributed by atoms with E-state index in [1.807, 2.05) is 44.0 Å². The Hall–Kier alpha value is -3.76. The fourth-order valence-electron chi connectivity index (χ4n) is 5.63. The van der Waals surface area contributed by atoms with Crippen molar-refractivity contribution >= 4 is 39.1 Å². The summed E-state index contributed by atoms with van der Waals surface area (Å²) in [6.45, 7) is 6.03. The van der Waals surface area contributed by atoms with Crippen molar-refractivity contribution in [1.82, 2.24) is 39.0 Å². The average Bonchev–Trinajstić information content (AvgIpc) is 3.62. The lowest BCUT2D eigenvalue weighted by Gasteiger charge is -2.21. The number of aryl methyl sites for hydroxylation is 3. The number of likely N-dealkylation sites (tertiary alicyclic amines) is 1. The molecule has 0 spiro atoms. The lowest BCUT2D eigenvalue weighted by Crippen LogP contribution is -2.23. The molecule has 10 nitrogen and oxygen atoms in total. The summed E-state index contributed by atoms with van der Waals surface area (Å²) in [6.07, 6.45) is 4.55. The van der Waals surface area contributed by atoms with Gasteiger partial charge in [-0.05, 0) is 56.6 Å². The lowest BCUT2D eigenvalue weighted by molar-refractivity contribution is 0.384. The van der Waals surface area contributed by atoms with E-state index in [0.29, 0.717) is 22.1 Å². The zero-order valence-electron chi connectivity index (χ0n) is 22.1. The van der Waals surface area contributed by atoms with Crippen molar-refractivity contribution < 1.29 is 0 Å². The Labute approximate surface area is 224 Å². The van der Waals surface area contributed by atoms with Gasteiger partial charge in [-0.15, -0.1) is 5.10 Å². The number of fused-ring (bicyclic) bond motifs is 3. The van der Waals surface area contributed by atoms with Gasteiger partial charge >= 0.3 is 0 Å². The Morgan fingerprint density at radius 1 is 1.16 bits per heavy atom. The summed E-state index contributed by atoms with van der Waals surface area (Å²) >= 11 is 6.24. The number of hydrogen-bond acceptors (Lipinski definition) is 7. The van der Waals surface area contributed by atoms with Crippen LogP contribution in [-0.4, -0.2) is 59.1 Å². The monoisotopic (exact) mass is 531 g/mol. The van der Waals surface area contributed by atoms with Crippen LogP contribution in [0.5, 0.6) is 0 Å². The van der Waals surface area contributed by atoms with E-state index >= 15 is 0 Å². The Balaban J connectivity index is 1.51. The second-order valence-corrected chi connectivity index (χ2v) is 10.7. The molecule has 2 atom stereocenters. The number of benzene rings is 1. The molecule has 6 rings (SSSR count). The van der Waals surface area contributed by atoms with E-state index in [4.69, 9.17) is 16.7 Å². The second kappa shape index (κ2) is 9.21. The van der Waals surface area contributed by atoms with Crippen LogP contribution < -0.4 is 10.9 Å². The van der Waals surface area contributed by atoms with Crippen LogP contribution in [0.25, 0.3) is 33.3 Å². The van der Waals surface area contributed by atoms with Gasteiger partial charge in [-0.1, -0.05) is 17.7 Å². The van der Waals surface area contributed by atoms with Crippen molar-refractivity contribution in [2.45, 2.75) is 32.4 Å². The molecule has 1 N–H and O–H groups in total. The van der Waals surface area contributed by atoms with E-state index in [2.05, 4.69) is 45.3 Å². The van der Waals surface area contributed by atoms with E-state index in [1.165, 1.54) is 0 Å². The van der Waals surface area contributed by atoms with Gasteiger partial charge < -0.3 is 10.2 Å². The first-order chi connectivity index (χ1) is 18.2. The molecule has 0 amide bonds. The number of pyridine rings is 2. The summed E-state index contributed by atoms with van der Waals surface area (Å²) in [5, 5.41) is 15.8. The molecule has 1 aliphatic heterocycles. The summed E-state index contributed by atoms with van der Waals surface area (Å²) in [5.74, 6) is 0.484. The third-order valence-corrected chi connectivity index (χ3v) is 7.64. The molecule has 196 valence electrons. The Morgan fingerprint density at radius 2 is 1.97 bits per heavy atom. The van der Waals surface area contributed by atoms with Crippen LogP contribution >= 0.6 is 11.6 Å². The Morgan fingerprint density at radius 3 is 2.68 bits per heavy atom. The Kier molecular flexibility index (Phi) is 5.96. The van der Waals surface area contributed by atoms with Crippen molar-refractivity contribution in [3.63, 3.8) is 0 Å². The van der Waals surface area contributed by atoms with Crippen molar-refractivity contribution in [3.8, 4) is 11.5 Å². The van der Waals surface area contributed by atoms with Gasteiger partial charge in [-0.2, -0.15) is 5.10 Å². The molecule has 0 aliphatic carbocycles. The van der Waals surface area contributed by atoms with Crippen molar-refractivity contribution in [1.29, 1.82) is 0 Å². The topological polar surface area (TPSA) is 98.7 Å². The van der Waals surface area contributed by atoms with Crippen LogP contribution in [-0.2, 0) is 14.1 Å². The number of likely N-dealkylation sites (N-methyl/N-ethyl adjacent to an activating group) is 1. The molecule has 38 heavy (non-hydrogen) atoms. The summed E-state index contributed by atoms with van der Waals surface area (Å²) in [7, 11) is 5.77. The number of anilines is 1. The number of hydrogen-bond donors (Lipinski definition) is 1. The van der Waals surface area contributed by atoms with Gasteiger partial charge in [0.2, 0.25) is 5.82 Å². The third kappa shape index (κ3) is 4.04. The van der Waals surface area contributed by atoms with Gasteiger partial charge in [0.05, 0.1) is 17.9 Å². The maximum atomic E-state index is 13.7. The van der Waals surface area contributed by atoms with Crippen LogP contribution in [0.3, 0.4) is 0 Å². The molecule has 5 heterocycles. The average molecular weight is 532 g/mol. The lowest BCUT2D eigenvalue weighted by atomic mass is 9.95. The van der Waals surface area contributed by atoms with Crippen LogP contribution in [0.15, 0.2) is 41.6 Å². The van der Waals surface area contributed by atoms with Crippen LogP contribution in [0.1, 0.15) is 36.6 Å². The van der Waals surface area contributed by atoms with Crippen molar-refractivity contribution in [3.05, 3.63) is 63.4 Å². The molecule has 2 unspecified atom stereocenters. The van der Waals surface area contributed by atoms with E-state index in [0.717, 1.165) is 52.7 Å². The second-order valence-electron chi connectivity index (χ2n) is 10.3. The van der Waals surface area contributed by atoms with Gasteiger partial charge in [-0.25, -0.2) is 14.6 Å². The molecular formula is C27H30ClN9O. The molecule has 4 aromatic heterocycles. The molecule has 1 aromatic carbocycles. The highest BCUT2D eigenvalue weighted by Gasteiger charge is 2.26. The minimum Gasteiger partial charge on any atom is -0.377 e. The van der Waals surface area contributed by atoms with Crippen molar-refractivity contribution in [2.75, 3.05) is 25.5 Å². The zero-order chi connectivity index (χ0) is 26.7. The number of nitrogens with zero attached hydrogens (tertiary/aromatic N) is 8. The van der Waals surface area contributed by atoms with Crippen LogP contribution in [0.2, 0.25) is 5.15 Å². The highest BCUT2D eigenvalue weighted by atomic mass is 35.5. The predicted octanol–water partition coefficient (Wildman–Crippen LogP) is 4.09. The van der Waals surface area contributed by atoms with Gasteiger partial charge in [-0.3, -0.25) is 14.0 Å².